The van der Waals surface area contributed by atoms with E-state index in [1.54, 1.807) is 4.90 Å². The molecular weight excluding hydrogens is 300 g/mol. The number of benzene rings is 2. The molecule has 4 heteroatoms. The lowest BCUT2D eigenvalue weighted by atomic mass is 10.1. The van der Waals surface area contributed by atoms with E-state index in [0.717, 1.165) is 18.5 Å². The summed E-state index contributed by atoms with van der Waals surface area (Å²) in [6.07, 6.45) is 2.58. The zero-order chi connectivity index (χ0) is 16.8. The van der Waals surface area contributed by atoms with Crippen LogP contribution < -0.4 is 10.2 Å². The molecule has 0 spiro atoms. The minimum Gasteiger partial charge on any atom is -0.351 e. The van der Waals surface area contributed by atoms with Gasteiger partial charge in [0.2, 0.25) is 11.8 Å². The molecule has 2 aromatic carbocycles. The summed E-state index contributed by atoms with van der Waals surface area (Å²) in [4.78, 5) is 26.0. The number of hydrogen-bond acceptors (Lipinski definition) is 2. The zero-order valence-electron chi connectivity index (χ0n) is 13.7. The Bertz CT molecular complexity index is 685. The Morgan fingerprint density at radius 1 is 1.04 bits per heavy atom. The number of rotatable bonds is 6. The van der Waals surface area contributed by atoms with Crippen LogP contribution in [0.3, 0.4) is 0 Å². The van der Waals surface area contributed by atoms with E-state index in [9.17, 15) is 9.59 Å². The molecule has 0 unspecified atom stereocenters. The van der Waals surface area contributed by atoms with Crippen LogP contribution in [0.1, 0.15) is 24.8 Å². The number of aryl methyl sites for hydroxylation is 1. The van der Waals surface area contributed by atoms with Gasteiger partial charge in [-0.15, -0.1) is 0 Å². The highest BCUT2D eigenvalue weighted by Crippen LogP contribution is 2.21. The molecule has 2 amide bonds. The Morgan fingerprint density at radius 3 is 2.42 bits per heavy atom. The van der Waals surface area contributed by atoms with Crippen LogP contribution in [-0.2, 0) is 16.0 Å². The molecule has 1 saturated heterocycles. The van der Waals surface area contributed by atoms with Crippen LogP contribution in [0.2, 0.25) is 0 Å². The molecular formula is C20H22N2O2. The molecule has 1 heterocycles. The van der Waals surface area contributed by atoms with Crippen LogP contribution in [0.25, 0.3) is 0 Å². The van der Waals surface area contributed by atoms with Crippen molar-refractivity contribution in [2.24, 2.45) is 0 Å². The number of carbonyl (C=O) groups excluding carboxylic acids is 2. The molecule has 0 radical (unpaired) electrons. The third-order valence-electron chi connectivity index (χ3n) is 4.27. The highest BCUT2D eigenvalue weighted by Gasteiger charge is 2.31. The Kier molecular flexibility index (Phi) is 5.26. The van der Waals surface area contributed by atoms with Gasteiger partial charge in [-0.25, -0.2) is 0 Å². The van der Waals surface area contributed by atoms with Gasteiger partial charge in [-0.3, -0.25) is 9.59 Å². The third-order valence-corrected chi connectivity index (χ3v) is 4.27. The number of carbonyl (C=O) groups is 2. The van der Waals surface area contributed by atoms with Crippen molar-refractivity contribution in [2.75, 3.05) is 11.4 Å². The normalized spacial score (nSPS) is 17.1. The first kappa shape index (κ1) is 16.2. The lowest BCUT2D eigenvalue weighted by molar-refractivity contribution is -0.121. The molecule has 1 aliphatic heterocycles. The maximum atomic E-state index is 12.1. The van der Waals surface area contributed by atoms with Crippen LogP contribution in [-0.4, -0.2) is 24.4 Å². The Morgan fingerprint density at radius 2 is 1.71 bits per heavy atom. The molecule has 24 heavy (non-hydrogen) atoms. The largest absolute Gasteiger partial charge is 0.351 e. The van der Waals surface area contributed by atoms with Crippen LogP contribution >= 0.6 is 0 Å². The molecule has 0 aliphatic carbocycles. The fourth-order valence-electron chi connectivity index (χ4n) is 3.06. The second kappa shape index (κ2) is 7.77. The minimum atomic E-state index is -0.0954. The van der Waals surface area contributed by atoms with E-state index in [1.165, 1.54) is 5.56 Å². The van der Waals surface area contributed by atoms with Crippen molar-refractivity contribution < 1.29 is 9.59 Å². The number of nitrogens with one attached hydrogen (secondary N) is 1. The van der Waals surface area contributed by atoms with Crippen molar-refractivity contribution in [3.05, 3.63) is 66.2 Å². The van der Waals surface area contributed by atoms with E-state index in [2.05, 4.69) is 17.4 Å². The smallest absolute Gasteiger partial charge is 0.229 e. The van der Waals surface area contributed by atoms with Gasteiger partial charge in [-0.05, 0) is 30.5 Å². The summed E-state index contributed by atoms with van der Waals surface area (Å²) in [7, 11) is 0. The quantitative estimate of drug-likeness (QED) is 0.889. The minimum absolute atomic E-state index is 0.0265. The summed E-state index contributed by atoms with van der Waals surface area (Å²) in [5.41, 5.74) is 2.14. The SMILES string of the molecule is O=C(CCCc1ccccc1)N[C@H]1CC(=O)N(c2ccccc2)C1. The first-order valence-corrected chi connectivity index (χ1v) is 8.41. The van der Waals surface area contributed by atoms with E-state index in [-0.39, 0.29) is 17.9 Å². The molecule has 1 aliphatic rings. The highest BCUT2D eigenvalue weighted by molar-refractivity contribution is 5.96. The van der Waals surface area contributed by atoms with E-state index in [1.807, 2.05) is 48.5 Å². The summed E-state index contributed by atoms with van der Waals surface area (Å²) >= 11 is 0. The molecule has 1 atom stereocenters. The average Bonchev–Trinajstić information content (AvgIpc) is 2.97. The predicted octanol–water partition coefficient (Wildman–Crippen LogP) is 2.93. The summed E-state index contributed by atoms with van der Waals surface area (Å²) in [6, 6.07) is 19.7. The fourth-order valence-corrected chi connectivity index (χ4v) is 3.06. The molecule has 2 aromatic rings. The van der Waals surface area contributed by atoms with Gasteiger partial charge in [-0.2, -0.15) is 0 Å². The van der Waals surface area contributed by atoms with Gasteiger partial charge in [0, 0.05) is 25.1 Å². The number of amides is 2. The molecule has 1 N–H and O–H groups in total. The van der Waals surface area contributed by atoms with Crippen LogP contribution in [0.15, 0.2) is 60.7 Å². The lowest BCUT2D eigenvalue weighted by Crippen LogP contribution is -2.37. The topological polar surface area (TPSA) is 49.4 Å². The molecule has 3 rings (SSSR count). The fraction of sp³-hybridized carbons (Fsp3) is 0.300. The maximum Gasteiger partial charge on any atom is 0.229 e. The van der Waals surface area contributed by atoms with Crippen molar-refractivity contribution in [3.8, 4) is 0 Å². The Labute approximate surface area is 142 Å². The Balaban J connectivity index is 1.45. The second-order valence-electron chi connectivity index (χ2n) is 6.15. The molecule has 124 valence electrons. The summed E-state index contributed by atoms with van der Waals surface area (Å²) < 4.78 is 0. The van der Waals surface area contributed by atoms with E-state index < -0.39 is 0 Å². The molecule has 0 saturated carbocycles. The zero-order valence-corrected chi connectivity index (χ0v) is 13.7. The monoisotopic (exact) mass is 322 g/mol. The second-order valence-corrected chi connectivity index (χ2v) is 6.15. The predicted molar refractivity (Wildman–Crippen MR) is 94.7 cm³/mol. The molecule has 1 fully saturated rings. The van der Waals surface area contributed by atoms with Gasteiger partial charge in [0.05, 0.1) is 6.04 Å². The van der Waals surface area contributed by atoms with Crippen molar-refractivity contribution in [2.45, 2.75) is 31.7 Å². The van der Waals surface area contributed by atoms with Crippen molar-refractivity contribution >= 4 is 17.5 Å². The van der Waals surface area contributed by atoms with Crippen molar-refractivity contribution in [3.63, 3.8) is 0 Å². The van der Waals surface area contributed by atoms with Crippen molar-refractivity contribution in [1.29, 1.82) is 0 Å². The molecule has 4 nitrogen and oxygen atoms in total. The maximum absolute atomic E-state index is 12.1. The third kappa shape index (κ3) is 4.22. The van der Waals surface area contributed by atoms with Gasteiger partial charge in [0.15, 0.2) is 0 Å². The highest BCUT2D eigenvalue weighted by atomic mass is 16.2. The van der Waals surface area contributed by atoms with Crippen LogP contribution in [0.4, 0.5) is 5.69 Å². The van der Waals surface area contributed by atoms with Gasteiger partial charge in [0.1, 0.15) is 0 Å². The molecule has 0 aromatic heterocycles. The van der Waals surface area contributed by atoms with E-state index in [0.29, 0.717) is 19.4 Å². The summed E-state index contributed by atoms with van der Waals surface area (Å²) in [5, 5.41) is 2.99. The van der Waals surface area contributed by atoms with Gasteiger partial charge >= 0.3 is 0 Å². The molecule has 0 bridgehead atoms. The number of nitrogens with zero attached hydrogens (tertiary/aromatic N) is 1. The van der Waals surface area contributed by atoms with Crippen LogP contribution in [0.5, 0.6) is 0 Å². The van der Waals surface area contributed by atoms with E-state index in [4.69, 9.17) is 0 Å². The first-order valence-electron chi connectivity index (χ1n) is 8.41. The van der Waals surface area contributed by atoms with Crippen LogP contribution in [0, 0.1) is 0 Å². The summed E-state index contributed by atoms with van der Waals surface area (Å²) in [5.74, 6) is 0.0921. The van der Waals surface area contributed by atoms with Crippen molar-refractivity contribution in [1.82, 2.24) is 5.32 Å². The summed E-state index contributed by atoms with van der Waals surface area (Å²) in [6.45, 7) is 0.549. The standard InChI is InChI=1S/C20H22N2O2/c23-19(13-7-10-16-8-3-1-4-9-16)21-17-14-20(24)22(15-17)18-11-5-2-6-12-18/h1-6,8-9,11-12,17H,7,10,13-15H2,(H,21,23)/t17-/m0/s1. The van der Waals surface area contributed by atoms with Gasteiger partial charge in [-0.1, -0.05) is 48.5 Å². The van der Waals surface area contributed by atoms with Gasteiger partial charge < -0.3 is 10.2 Å². The average molecular weight is 322 g/mol. The first-order chi connectivity index (χ1) is 11.7. The number of hydrogen-bond donors (Lipinski definition) is 1. The number of para-hydroxylation sites is 1. The lowest BCUT2D eigenvalue weighted by Gasteiger charge is -2.17. The van der Waals surface area contributed by atoms with Gasteiger partial charge in [0.25, 0.3) is 0 Å². The van der Waals surface area contributed by atoms with E-state index >= 15 is 0 Å². The Hall–Kier alpha value is -2.62. The number of anilines is 1.